The van der Waals surface area contributed by atoms with Gasteiger partial charge in [-0.1, -0.05) is 0 Å². The number of alkyl carbamates (subject to hydrolysis) is 1. The predicted octanol–water partition coefficient (Wildman–Crippen LogP) is 1.40. The van der Waals surface area contributed by atoms with E-state index in [1.54, 1.807) is 0 Å². The number of cyclic esters (lactones) is 1. The maximum Gasteiger partial charge on any atom is 0.407 e. The highest BCUT2D eigenvalue weighted by molar-refractivity contribution is 5.85. The van der Waals surface area contributed by atoms with E-state index >= 15 is 0 Å². The average molecular weight is 262 g/mol. The summed E-state index contributed by atoms with van der Waals surface area (Å²) in [4.78, 5) is 11.0. The van der Waals surface area contributed by atoms with Crippen molar-refractivity contribution in [2.24, 2.45) is 0 Å². The van der Waals surface area contributed by atoms with Crippen molar-refractivity contribution < 1.29 is 24.9 Å². The van der Waals surface area contributed by atoms with Gasteiger partial charge in [-0.2, -0.15) is 0 Å². The van der Waals surface area contributed by atoms with Crippen molar-refractivity contribution in [1.29, 1.82) is 0 Å². The van der Waals surface area contributed by atoms with Gasteiger partial charge in [-0.15, -0.1) is 12.4 Å². The van der Waals surface area contributed by atoms with Crippen molar-refractivity contribution in [3.63, 3.8) is 0 Å². The number of carbonyl (C=O) groups excluding carboxylic acids is 1. The third kappa shape index (κ3) is 2.65. The zero-order chi connectivity index (χ0) is 11.7. The van der Waals surface area contributed by atoms with E-state index in [1.807, 2.05) is 0 Å². The van der Waals surface area contributed by atoms with Gasteiger partial charge in [-0.25, -0.2) is 4.79 Å². The zero-order valence-corrected chi connectivity index (χ0v) is 9.53. The molecule has 4 N–H and O–H groups in total. The number of phenols is 3. The van der Waals surface area contributed by atoms with Crippen LogP contribution in [-0.2, 0) is 4.74 Å². The fourth-order valence-electron chi connectivity index (χ4n) is 1.71. The summed E-state index contributed by atoms with van der Waals surface area (Å²) in [7, 11) is 0. The van der Waals surface area contributed by atoms with Gasteiger partial charge in [-0.3, -0.25) is 0 Å². The topological polar surface area (TPSA) is 99.0 Å². The smallest absolute Gasteiger partial charge is 0.407 e. The van der Waals surface area contributed by atoms with Crippen molar-refractivity contribution in [3.05, 3.63) is 17.7 Å². The molecule has 0 bridgehead atoms. The molecule has 1 heterocycles. The Kier molecular flexibility index (Phi) is 3.90. The van der Waals surface area contributed by atoms with Gasteiger partial charge in [0.05, 0.1) is 18.2 Å². The number of phenolic OH excluding ortho intramolecular Hbond substituents is 3. The van der Waals surface area contributed by atoms with Crippen LogP contribution in [0, 0.1) is 0 Å². The molecule has 0 radical (unpaired) electrons. The second-order valence-electron chi connectivity index (χ2n) is 3.52. The fourth-order valence-corrected chi connectivity index (χ4v) is 1.71. The van der Waals surface area contributed by atoms with Crippen LogP contribution in [0.4, 0.5) is 4.79 Å². The van der Waals surface area contributed by atoms with Gasteiger partial charge in [0.25, 0.3) is 0 Å². The molecule has 7 heteroatoms. The minimum atomic E-state index is -0.594. The van der Waals surface area contributed by atoms with Gasteiger partial charge in [0.2, 0.25) is 0 Å². The molecule has 2 rings (SSSR count). The van der Waals surface area contributed by atoms with E-state index in [2.05, 4.69) is 10.1 Å². The summed E-state index contributed by atoms with van der Waals surface area (Å²) in [5.74, 6) is -0.758. The zero-order valence-electron chi connectivity index (χ0n) is 8.71. The molecular formula is C10H12ClNO5. The fraction of sp³-hybridized carbons (Fsp3) is 0.300. The molecule has 0 saturated carbocycles. The Bertz CT molecular complexity index is 414. The minimum absolute atomic E-state index is 0. The van der Waals surface area contributed by atoms with Crippen LogP contribution < -0.4 is 5.32 Å². The monoisotopic (exact) mass is 261 g/mol. The van der Waals surface area contributed by atoms with Crippen LogP contribution in [0.15, 0.2) is 12.1 Å². The molecule has 0 aromatic heterocycles. The molecule has 0 spiro atoms. The van der Waals surface area contributed by atoms with Crippen LogP contribution in [0.2, 0.25) is 0 Å². The summed E-state index contributed by atoms with van der Waals surface area (Å²) >= 11 is 0. The Morgan fingerprint density at radius 1 is 1.24 bits per heavy atom. The van der Waals surface area contributed by atoms with Crippen molar-refractivity contribution in [1.82, 2.24) is 5.32 Å². The number of nitrogens with one attached hydrogen (secondary N) is 1. The number of hydrogen-bond acceptors (Lipinski definition) is 5. The SMILES string of the molecule is Cl.O=C1N[C@@H](c2c(O)cc(O)cc2O)CCO1. The van der Waals surface area contributed by atoms with E-state index in [0.29, 0.717) is 6.42 Å². The van der Waals surface area contributed by atoms with E-state index in [4.69, 9.17) is 5.11 Å². The van der Waals surface area contributed by atoms with Crippen LogP contribution in [0.1, 0.15) is 18.0 Å². The standard InChI is InChI=1S/C10H11NO5.ClH/c12-5-3-7(13)9(8(14)4-5)6-1-2-16-10(15)11-6;/h3-4,6,12-14H,1-2H2,(H,11,15);1H/t6-;/m1./s1. The number of ether oxygens (including phenoxy) is 1. The molecule has 1 amide bonds. The molecular weight excluding hydrogens is 250 g/mol. The minimum Gasteiger partial charge on any atom is -0.508 e. The quantitative estimate of drug-likeness (QED) is 0.612. The molecule has 94 valence electrons. The number of aromatic hydroxyl groups is 3. The van der Waals surface area contributed by atoms with Crippen LogP contribution in [0.25, 0.3) is 0 Å². The second-order valence-corrected chi connectivity index (χ2v) is 3.52. The highest BCUT2D eigenvalue weighted by Gasteiger charge is 2.26. The van der Waals surface area contributed by atoms with E-state index < -0.39 is 12.1 Å². The summed E-state index contributed by atoms with van der Waals surface area (Å²) in [6.45, 7) is 0.219. The summed E-state index contributed by atoms with van der Waals surface area (Å²) in [5, 5.41) is 30.8. The Morgan fingerprint density at radius 2 is 1.82 bits per heavy atom. The summed E-state index contributed by atoms with van der Waals surface area (Å²) in [6.07, 6.45) is -0.152. The van der Waals surface area contributed by atoms with Gasteiger partial charge in [0, 0.05) is 18.6 Å². The lowest BCUT2D eigenvalue weighted by molar-refractivity contribution is 0.114. The van der Waals surface area contributed by atoms with Crippen molar-refractivity contribution in [2.45, 2.75) is 12.5 Å². The van der Waals surface area contributed by atoms with Gasteiger partial charge < -0.3 is 25.4 Å². The number of amides is 1. The Balaban J connectivity index is 0.00000144. The van der Waals surface area contributed by atoms with Crippen molar-refractivity contribution in [3.8, 4) is 17.2 Å². The first-order chi connectivity index (χ1) is 7.58. The maximum atomic E-state index is 11.0. The Morgan fingerprint density at radius 3 is 2.35 bits per heavy atom. The molecule has 0 aliphatic carbocycles. The van der Waals surface area contributed by atoms with Crippen LogP contribution in [-0.4, -0.2) is 28.0 Å². The lowest BCUT2D eigenvalue weighted by Crippen LogP contribution is -2.35. The maximum absolute atomic E-state index is 11.0. The van der Waals surface area contributed by atoms with E-state index in [9.17, 15) is 15.0 Å². The van der Waals surface area contributed by atoms with Crippen LogP contribution in [0.3, 0.4) is 0 Å². The second kappa shape index (κ2) is 5.01. The molecule has 1 saturated heterocycles. The van der Waals surface area contributed by atoms with Crippen LogP contribution in [0.5, 0.6) is 17.2 Å². The molecule has 1 fully saturated rings. The van der Waals surface area contributed by atoms with Gasteiger partial charge >= 0.3 is 6.09 Å². The summed E-state index contributed by atoms with van der Waals surface area (Å²) in [6, 6.07) is 1.70. The number of benzene rings is 1. The molecule has 1 atom stereocenters. The van der Waals surface area contributed by atoms with Gasteiger partial charge in [-0.05, 0) is 0 Å². The molecule has 0 unspecified atom stereocenters. The number of carbonyl (C=O) groups is 1. The number of rotatable bonds is 1. The van der Waals surface area contributed by atoms with Crippen LogP contribution >= 0.6 is 12.4 Å². The first-order valence-electron chi connectivity index (χ1n) is 4.76. The third-order valence-electron chi connectivity index (χ3n) is 2.40. The Labute approximate surface area is 103 Å². The third-order valence-corrected chi connectivity index (χ3v) is 2.40. The number of hydrogen-bond donors (Lipinski definition) is 4. The van der Waals surface area contributed by atoms with Gasteiger partial charge in [0.15, 0.2) is 0 Å². The summed E-state index contributed by atoms with van der Waals surface area (Å²) < 4.78 is 4.67. The lowest BCUT2D eigenvalue weighted by Gasteiger charge is -2.24. The first kappa shape index (κ1) is 13.2. The number of halogens is 1. The van der Waals surface area contributed by atoms with E-state index in [0.717, 1.165) is 12.1 Å². The highest BCUT2D eigenvalue weighted by atomic mass is 35.5. The molecule has 1 aromatic carbocycles. The van der Waals surface area contributed by atoms with E-state index in [1.165, 1.54) is 0 Å². The molecule has 17 heavy (non-hydrogen) atoms. The Hall–Kier alpha value is -1.82. The van der Waals surface area contributed by atoms with Gasteiger partial charge in [0.1, 0.15) is 17.2 Å². The van der Waals surface area contributed by atoms with Crippen molar-refractivity contribution >= 4 is 18.5 Å². The van der Waals surface area contributed by atoms with E-state index in [-0.39, 0.29) is 41.8 Å². The lowest BCUT2D eigenvalue weighted by atomic mass is 10.0. The largest absolute Gasteiger partial charge is 0.508 e. The molecule has 1 aliphatic rings. The normalized spacial score (nSPS) is 18.8. The van der Waals surface area contributed by atoms with Crippen molar-refractivity contribution in [2.75, 3.05) is 6.61 Å². The summed E-state index contributed by atoms with van der Waals surface area (Å²) in [5.41, 5.74) is 0.189. The molecule has 1 aromatic rings. The predicted molar refractivity (Wildman–Crippen MR) is 60.5 cm³/mol. The molecule has 1 aliphatic heterocycles. The molecule has 6 nitrogen and oxygen atoms in total. The highest BCUT2D eigenvalue weighted by Crippen LogP contribution is 2.38. The first-order valence-corrected chi connectivity index (χ1v) is 4.76. The average Bonchev–Trinajstić information content (AvgIpc) is 2.15.